The predicted molar refractivity (Wildman–Crippen MR) is 88.6 cm³/mol. The Kier molecular flexibility index (Phi) is 5.23. The van der Waals surface area contributed by atoms with E-state index >= 15 is 0 Å². The fourth-order valence-electron chi connectivity index (χ4n) is 2.32. The summed E-state index contributed by atoms with van der Waals surface area (Å²) in [5.74, 6) is -1.26. The molecule has 0 aliphatic carbocycles. The van der Waals surface area contributed by atoms with Crippen molar-refractivity contribution >= 4 is 11.9 Å². The Labute approximate surface area is 140 Å². The number of hydrogen-bond acceptors (Lipinski definition) is 4. The van der Waals surface area contributed by atoms with Crippen molar-refractivity contribution in [3.8, 4) is 11.4 Å². The van der Waals surface area contributed by atoms with E-state index in [-0.39, 0.29) is 18.1 Å². The van der Waals surface area contributed by atoms with E-state index in [2.05, 4.69) is 5.10 Å². The molecule has 128 valence electrons. The van der Waals surface area contributed by atoms with Crippen molar-refractivity contribution in [1.29, 1.82) is 0 Å². The lowest BCUT2D eigenvalue weighted by molar-refractivity contribution is -0.141. The third kappa shape index (κ3) is 3.73. The number of ether oxygens (including phenoxy) is 1. The number of benzene rings is 1. The molecule has 0 saturated heterocycles. The lowest BCUT2D eigenvalue weighted by Gasteiger charge is -2.18. The van der Waals surface area contributed by atoms with Crippen LogP contribution in [0.25, 0.3) is 5.69 Å². The van der Waals surface area contributed by atoms with Gasteiger partial charge in [0.25, 0.3) is 5.91 Å². The standard InChI is InChI=1S/C17H21N3O4/c1-11-5-6-15(24-4)14(9-11)20-8-7-13(18-20)16(21)19(3)10-12(2)17(22)23/h5-9,12H,10H2,1-4H3,(H,22,23). The summed E-state index contributed by atoms with van der Waals surface area (Å²) in [6.07, 6.45) is 1.68. The van der Waals surface area contributed by atoms with Gasteiger partial charge in [0.2, 0.25) is 0 Å². The number of aliphatic carboxylic acids is 1. The zero-order valence-electron chi connectivity index (χ0n) is 14.2. The van der Waals surface area contributed by atoms with Gasteiger partial charge in [0.05, 0.1) is 13.0 Å². The van der Waals surface area contributed by atoms with Gasteiger partial charge in [-0.05, 0) is 30.7 Å². The second-order valence-electron chi connectivity index (χ2n) is 5.75. The van der Waals surface area contributed by atoms with E-state index in [1.165, 1.54) is 4.90 Å². The Hall–Kier alpha value is -2.83. The Morgan fingerprint density at radius 2 is 2.08 bits per heavy atom. The SMILES string of the molecule is COc1ccc(C)cc1-n1ccc(C(=O)N(C)CC(C)C(=O)O)n1. The van der Waals surface area contributed by atoms with Gasteiger partial charge in [-0.3, -0.25) is 9.59 Å². The maximum absolute atomic E-state index is 12.4. The molecule has 0 saturated carbocycles. The molecule has 0 fully saturated rings. The van der Waals surface area contributed by atoms with Gasteiger partial charge in [0.1, 0.15) is 11.4 Å². The van der Waals surface area contributed by atoms with Gasteiger partial charge in [0.15, 0.2) is 5.69 Å². The van der Waals surface area contributed by atoms with E-state index < -0.39 is 11.9 Å². The molecule has 1 N–H and O–H groups in total. The number of aryl methyl sites for hydroxylation is 1. The summed E-state index contributed by atoms with van der Waals surface area (Å²) >= 11 is 0. The van der Waals surface area contributed by atoms with Crippen LogP contribution in [0.4, 0.5) is 0 Å². The van der Waals surface area contributed by atoms with E-state index in [1.807, 2.05) is 25.1 Å². The average molecular weight is 331 g/mol. The normalized spacial score (nSPS) is 11.8. The molecule has 1 aromatic heterocycles. The summed E-state index contributed by atoms with van der Waals surface area (Å²) in [6.45, 7) is 3.64. The van der Waals surface area contributed by atoms with E-state index in [4.69, 9.17) is 9.84 Å². The molecule has 0 aliphatic heterocycles. The van der Waals surface area contributed by atoms with E-state index in [0.29, 0.717) is 5.75 Å². The highest BCUT2D eigenvalue weighted by molar-refractivity contribution is 5.92. The number of nitrogens with zero attached hydrogens (tertiary/aromatic N) is 3. The number of methoxy groups -OCH3 is 1. The lowest BCUT2D eigenvalue weighted by atomic mass is 10.2. The highest BCUT2D eigenvalue weighted by atomic mass is 16.5. The molecular weight excluding hydrogens is 310 g/mol. The first kappa shape index (κ1) is 17.5. The van der Waals surface area contributed by atoms with Crippen LogP contribution >= 0.6 is 0 Å². The molecule has 0 radical (unpaired) electrons. The summed E-state index contributed by atoms with van der Waals surface area (Å²) < 4.78 is 6.91. The van der Waals surface area contributed by atoms with Crippen LogP contribution in [-0.2, 0) is 4.79 Å². The fraction of sp³-hybridized carbons (Fsp3) is 0.353. The Balaban J connectivity index is 2.23. The van der Waals surface area contributed by atoms with Gasteiger partial charge >= 0.3 is 5.97 Å². The zero-order chi connectivity index (χ0) is 17.9. The van der Waals surface area contributed by atoms with Gasteiger partial charge in [-0.15, -0.1) is 0 Å². The van der Waals surface area contributed by atoms with Crippen LogP contribution in [0.2, 0.25) is 0 Å². The summed E-state index contributed by atoms with van der Waals surface area (Å²) in [5, 5.41) is 13.2. The molecule has 7 nitrogen and oxygen atoms in total. The van der Waals surface area contributed by atoms with Crippen molar-refractivity contribution in [2.75, 3.05) is 20.7 Å². The minimum atomic E-state index is -0.940. The van der Waals surface area contributed by atoms with Crippen LogP contribution in [0.1, 0.15) is 23.0 Å². The van der Waals surface area contributed by atoms with Crippen LogP contribution < -0.4 is 4.74 Å². The molecule has 0 aliphatic rings. The third-order valence-corrected chi connectivity index (χ3v) is 3.71. The highest BCUT2D eigenvalue weighted by Gasteiger charge is 2.20. The molecule has 0 bridgehead atoms. The van der Waals surface area contributed by atoms with Crippen LogP contribution in [0.3, 0.4) is 0 Å². The number of carboxylic acid groups (broad SMARTS) is 1. The minimum absolute atomic E-state index is 0.120. The molecule has 0 spiro atoms. The number of carboxylic acids is 1. The molecule has 1 amide bonds. The van der Waals surface area contributed by atoms with Crippen LogP contribution in [0.15, 0.2) is 30.5 Å². The van der Waals surface area contributed by atoms with Crippen LogP contribution in [-0.4, -0.2) is 52.4 Å². The van der Waals surface area contributed by atoms with Crippen LogP contribution in [0, 0.1) is 12.8 Å². The first-order valence-electron chi connectivity index (χ1n) is 7.52. The first-order chi connectivity index (χ1) is 11.3. The average Bonchev–Trinajstić information content (AvgIpc) is 3.03. The van der Waals surface area contributed by atoms with Gasteiger partial charge in [-0.1, -0.05) is 13.0 Å². The maximum Gasteiger partial charge on any atom is 0.308 e. The van der Waals surface area contributed by atoms with Crippen LogP contribution in [0.5, 0.6) is 5.75 Å². The van der Waals surface area contributed by atoms with Gasteiger partial charge in [-0.2, -0.15) is 5.10 Å². The van der Waals surface area contributed by atoms with E-state index in [0.717, 1.165) is 11.3 Å². The lowest BCUT2D eigenvalue weighted by Crippen LogP contribution is -2.34. The maximum atomic E-state index is 12.4. The van der Waals surface area contributed by atoms with Gasteiger partial charge < -0.3 is 14.7 Å². The molecule has 1 aromatic carbocycles. The molecule has 2 aromatic rings. The largest absolute Gasteiger partial charge is 0.494 e. The molecule has 1 heterocycles. The first-order valence-corrected chi connectivity index (χ1v) is 7.52. The summed E-state index contributed by atoms with van der Waals surface area (Å²) in [7, 11) is 3.14. The number of aromatic nitrogens is 2. The van der Waals surface area contributed by atoms with Gasteiger partial charge in [0, 0.05) is 19.8 Å². The Bertz CT molecular complexity index is 754. The van der Waals surface area contributed by atoms with Crippen molar-refractivity contribution < 1.29 is 19.4 Å². The number of carbonyl (C=O) groups excluding carboxylic acids is 1. The van der Waals surface area contributed by atoms with Crippen molar-refractivity contribution in [2.45, 2.75) is 13.8 Å². The molecule has 7 heteroatoms. The topological polar surface area (TPSA) is 84.7 Å². The quantitative estimate of drug-likeness (QED) is 0.875. The van der Waals surface area contributed by atoms with E-state index in [9.17, 15) is 9.59 Å². The number of rotatable bonds is 6. The minimum Gasteiger partial charge on any atom is -0.494 e. The molecular formula is C17H21N3O4. The highest BCUT2D eigenvalue weighted by Crippen LogP contribution is 2.23. The monoisotopic (exact) mass is 331 g/mol. The summed E-state index contributed by atoms with van der Waals surface area (Å²) in [6, 6.07) is 7.29. The Morgan fingerprint density at radius 1 is 1.38 bits per heavy atom. The molecule has 1 atom stereocenters. The number of amides is 1. The summed E-state index contributed by atoms with van der Waals surface area (Å²) in [4.78, 5) is 24.7. The second-order valence-corrected chi connectivity index (χ2v) is 5.75. The van der Waals surface area contributed by atoms with Gasteiger partial charge in [-0.25, -0.2) is 4.68 Å². The predicted octanol–water partition coefficient (Wildman–Crippen LogP) is 1.98. The summed E-state index contributed by atoms with van der Waals surface area (Å²) in [5.41, 5.74) is 2.03. The molecule has 2 rings (SSSR count). The van der Waals surface area contributed by atoms with Crippen molar-refractivity contribution in [3.63, 3.8) is 0 Å². The van der Waals surface area contributed by atoms with Crippen molar-refractivity contribution in [3.05, 3.63) is 41.7 Å². The fourth-order valence-corrected chi connectivity index (χ4v) is 2.32. The molecule has 24 heavy (non-hydrogen) atoms. The van der Waals surface area contributed by atoms with E-state index in [1.54, 1.807) is 38.0 Å². The third-order valence-electron chi connectivity index (χ3n) is 3.71. The Morgan fingerprint density at radius 3 is 2.71 bits per heavy atom. The second kappa shape index (κ2) is 7.16. The van der Waals surface area contributed by atoms with Crippen molar-refractivity contribution in [2.24, 2.45) is 5.92 Å². The number of carbonyl (C=O) groups is 2. The van der Waals surface area contributed by atoms with Crippen molar-refractivity contribution in [1.82, 2.24) is 14.7 Å². The zero-order valence-corrected chi connectivity index (χ0v) is 14.2. The number of hydrogen-bond donors (Lipinski definition) is 1. The smallest absolute Gasteiger partial charge is 0.308 e. The molecule has 1 unspecified atom stereocenters.